The van der Waals surface area contributed by atoms with Crippen molar-refractivity contribution in [2.24, 2.45) is 0 Å². The second-order valence-electron chi connectivity index (χ2n) is 11.6. The largest absolute Gasteiger partial charge is 0.378 e. The molecule has 238 valence electrons. The molecule has 0 spiro atoms. The van der Waals surface area contributed by atoms with Crippen LogP contribution in [0.5, 0.6) is 0 Å². The molecular formula is C31H29Cl2N7O5S. The summed E-state index contributed by atoms with van der Waals surface area (Å²) in [6.07, 6.45) is 6.67. The maximum Gasteiger partial charge on any atom is 0.261 e. The minimum atomic E-state index is -4.26. The molecule has 1 unspecified atom stereocenters. The Morgan fingerprint density at radius 3 is 2.28 bits per heavy atom. The van der Waals surface area contributed by atoms with Gasteiger partial charge < -0.3 is 9.64 Å². The van der Waals surface area contributed by atoms with Gasteiger partial charge in [0.15, 0.2) is 5.03 Å². The van der Waals surface area contributed by atoms with Gasteiger partial charge in [-0.1, -0.05) is 47.5 Å². The number of aromatic nitrogens is 4. The Morgan fingerprint density at radius 1 is 0.978 bits per heavy atom. The number of imidazole rings is 1. The lowest BCUT2D eigenvalue weighted by atomic mass is 9.91. The molecule has 0 aliphatic carbocycles. The smallest absolute Gasteiger partial charge is 0.261 e. The monoisotopic (exact) mass is 681 g/mol. The Hall–Kier alpha value is -3.88. The molecule has 15 heteroatoms. The van der Waals surface area contributed by atoms with E-state index in [1.807, 2.05) is 24.3 Å². The number of amides is 2. The number of anilines is 2. The van der Waals surface area contributed by atoms with Gasteiger partial charge in [0, 0.05) is 54.1 Å². The van der Waals surface area contributed by atoms with Crippen LogP contribution in [0, 0.1) is 0 Å². The Kier molecular flexibility index (Phi) is 7.84. The highest BCUT2D eigenvalue weighted by Crippen LogP contribution is 2.45. The molecule has 12 nitrogen and oxygen atoms in total. The number of carbonyl (C=O) groups is 2. The van der Waals surface area contributed by atoms with Crippen molar-refractivity contribution in [3.05, 3.63) is 83.0 Å². The lowest BCUT2D eigenvalue weighted by molar-refractivity contribution is -0.142. The van der Waals surface area contributed by atoms with Gasteiger partial charge in [-0.15, -0.1) is 0 Å². The molecule has 0 radical (unpaired) electrons. The van der Waals surface area contributed by atoms with Gasteiger partial charge in [0.1, 0.15) is 17.9 Å². The first kappa shape index (κ1) is 30.8. The minimum Gasteiger partial charge on any atom is -0.378 e. The third-order valence-corrected chi connectivity index (χ3v) is 11.0. The van der Waals surface area contributed by atoms with Gasteiger partial charge in [-0.3, -0.25) is 14.2 Å². The van der Waals surface area contributed by atoms with Crippen LogP contribution in [0.25, 0.3) is 11.1 Å². The molecule has 5 heterocycles. The molecular weight excluding hydrogens is 653 g/mol. The third-order valence-electron chi connectivity index (χ3n) is 8.72. The van der Waals surface area contributed by atoms with Crippen LogP contribution >= 0.6 is 23.2 Å². The lowest BCUT2D eigenvalue weighted by Gasteiger charge is -2.41. The number of sulfonamides is 1. The summed E-state index contributed by atoms with van der Waals surface area (Å²) >= 11 is 12.6. The minimum absolute atomic E-state index is 0.110. The highest BCUT2D eigenvalue weighted by atomic mass is 35.5. The molecule has 0 bridgehead atoms. The van der Waals surface area contributed by atoms with E-state index < -0.39 is 27.5 Å². The number of carbonyl (C=O) groups excluding carboxylic acids is 2. The van der Waals surface area contributed by atoms with E-state index in [0.717, 1.165) is 16.7 Å². The Balaban J connectivity index is 1.28. The van der Waals surface area contributed by atoms with Crippen LogP contribution < -0.4 is 4.90 Å². The van der Waals surface area contributed by atoms with Crippen molar-refractivity contribution in [1.82, 2.24) is 28.7 Å². The Bertz CT molecular complexity index is 1910. The van der Waals surface area contributed by atoms with E-state index in [2.05, 4.69) is 15.0 Å². The van der Waals surface area contributed by atoms with Gasteiger partial charge in [0.25, 0.3) is 15.9 Å². The van der Waals surface area contributed by atoms with Gasteiger partial charge in [0.2, 0.25) is 11.9 Å². The number of rotatable bonds is 7. The summed E-state index contributed by atoms with van der Waals surface area (Å²) in [6, 6.07) is 11.4. The van der Waals surface area contributed by atoms with E-state index in [4.69, 9.17) is 27.9 Å². The van der Waals surface area contributed by atoms with Gasteiger partial charge in [-0.25, -0.2) is 28.3 Å². The zero-order valence-corrected chi connectivity index (χ0v) is 27.0. The van der Waals surface area contributed by atoms with Crippen molar-refractivity contribution < 1.29 is 22.7 Å². The number of ether oxygens (including phenoxy) is 1. The predicted octanol–water partition coefficient (Wildman–Crippen LogP) is 3.90. The molecule has 2 saturated heterocycles. The van der Waals surface area contributed by atoms with Crippen molar-refractivity contribution >= 4 is 56.7 Å². The second kappa shape index (κ2) is 11.7. The lowest BCUT2D eigenvalue weighted by Crippen LogP contribution is -2.60. The fourth-order valence-corrected chi connectivity index (χ4v) is 8.62. The highest BCUT2D eigenvalue weighted by molar-refractivity contribution is 7.89. The fraction of sp³-hybridized carbons (Fsp3) is 0.323. The van der Waals surface area contributed by atoms with E-state index in [0.29, 0.717) is 48.5 Å². The maximum atomic E-state index is 14.5. The van der Waals surface area contributed by atoms with E-state index in [9.17, 15) is 18.0 Å². The number of halogens is 2. The van der Waals surface area contributed by atoms with Crippen LogP contribution in [0.2, 0.25) is 10.0 Å². The quantitative estimate of drug-likeness (QED) is 0.287. The molecule has 0 N–H and O–H groups in total. The number of hydrogen-bond donors (Lipinski definition) is 0. The summed E-state index contributed by atoms with van der Waals surface area (Å²) in [5, 5.41) is 0.437. The zero-order valence-electron chi connectivity index (χ0n) is 24.7. The first-order valence-corrected chi connectivity index (χ1v) is 16.9. The van der Waals surface area contributed by atoms with Crippen molar-refractivity contribution in [2.45, 2.75) is 36.4 Å². The van der Waals surface area contributed by atoms with Crippen LogP contribution in [0.1, 0.15) is 18.9 Å². The first-order valence-electron chi connectivity index (χ1n) is 14.7. The standard InChI is InChI=1S/C31H29Cl2N7O5S/c1-31(15-20-2-4-21(5-3-20)22-16-34-19-35-17-22)29(42)39(25-13-23(32)12-24(33)14-25)30-36-18-27(40(30)31)46(43,44)38-7-6-26(38)28(41)37-8-10-45-11-9-37/h2-5,12-14,16-19,26H,6-11,15H2,1H3/t26-,31?/m0/s1. The summed E-state index contributed by atoms with van der Waals surface area (Å²) in [4.78, 5) is 43.4. The molecule has 2 aromatic carbocycles. The van der Waals surface area contributed by atoms with Crippen LogP contribution in [-0.2, 0) is 36.3 Å². The van der Waals surface area contributed by atoms with Crippen molar-refractivity contribution in [1.29, 1.82) is 0 Å². The average Bonchev–Trinajstić information content (AvgIpc) is 3.55. The van der Waals surface area contributed by atoms with Gasteiger partial charge in [-0.05, 0) is 42.7 Å². The van der Waals surface area contributed by atoms with Crippen LogP contribution in [0.4, 0.5) is 11.6 Å². The van der Waals surface area contributed by atoms with Gasteiger partial charge in [0.05, 0.1) is 25.1 Å². The summed E-state index contributed by atoms with van der Waals surface area (Å²) in [5.74, 6) is -0.549. The van der Waals surface area contributed by atoms with Gasteiger partial charge >= 0.3 is 0 Å². The predicted molar refractivity (Wildman–Crippen MR) is 170 cm³/mol. The number of morpholine rings is 1. The van der Waals surface area contributed by atoms with E-state index in [-0.39, 0.29) is 29.8 Å². The molecule has 2 fully saturated rings. The fourth-order valence-electron chi connectivity index (χ4n) is 6.29. The molecule has 3 aliphatic heterocycles. The summed E-state index contributed by atoms with van der Waals surface area (Å²) < 4.78 is 36.7. The number of hydrogen-bond acceptors (Lipinski definition) is 8. The molecule has 2 amide bonds. The van der Waals surface area contributed by atoms with Crippen molar-refractivity contribution in [3.8, 4) is 11.1 Å². The number of benzene rings is 2. The zero-order chi connectivity index (χ0) is 32.2. The van der Waals surface area contributed by atoms with Crippen LogP contribution in [0.3, 0.4) is 0 Å². The first-order chi connectivity index (χ1) is 22.1. The summed E-state index contributed by atoms with van der Waals surface area (Å²) in [6.45, 7) is 3.50. The van der Waals surface area contributed by atoms with E-state index >= 15 is 0 Å². The molecule has 3 aliphatic rings. The number of fused-ring (bicyclic) bond motifs is 1. The average molecular weight is 683 g/mol. The van der Waals surface area contributed by atoms with Crippen LogP contribution in [0.15, 0.2) is 72.4 Å². The third kappa shape index (κ3) is 5.16. The normalized spacial score (nSPS) is 21.7. The molecule has 7 rings (SSSR count). The highest BCUT2D eigenvalue weighted by Gasteiger charge is 2.54. The van der Waals surface area contributed by atoms with E-state index in [1.165, 1.54) is 26.3 Å². The van der Waals surface area contributed by atoms with Crippen LogP contribution in [-0.4, -0.2) is 87.8 Å². The molecule has 0 saturated carbocycles. The van der Waals surface area contributed by atoms with Gasteiger partial charge in [-0.2, -0.15) is 4.31 Å². The van der Waals surface area contributed by atoms with Crippen molar-refractivity contribution in [2.75, 3.05) is 37.7 Å². The SMILES string of the molecule is CC1(Cc2ccc(-c3cncnc3)cc2)C(=O)N(c2cc(Cl)cc(Cl)c2)c2ncc(S(=O)(=O)N3CC[C@H]3C(=O)N3CCOCC3)n21. The van der Waals surface area contributed by atoms with E-state index in [1.54, 1.807) is 42.4 Å². The molecule has 46 heavy (non-hydrogen) atoms. The molecule has 4 aromatic rings. The maximum absolute atomic E-state index is 14.5. The van der Waals surface area contributed by atoms with Crippen molar-refractivity contribution in [3.63, 3.8) is 0 Å². The second-order valence-corrected chi connectivity index (χ2v) is 14.3. The Morgan fingerprint density at radius 2 is 1.65 bits per heavy atom. The Labute approximate surface area is 275 Å². The summed E-state index contributed by atoms with van der Waals surface area (Å²) in [5.41, 5.74) is 1.44. The topological polar surface area (TPSA) is 131 Å². The number of nitrogens with zero attached hydrogens (tertiary/aromatic N) is 7. The molecule has 2 atom stereocenters. The summed E-state index contributed by atoms with van der Waals surface area (Å²) in [7, 11) is -4.26. The molecule has 2 aromatic heterocycles.